The van der Waals surface area contributed by atoms with Gasteiger partial charge in [-0.2, -0.15) is 0 Å². The second kappa shape index (κ2) is 8.07. The predicted molar refractivity (Wildman–Crippen MR) is 93.0 cm³/mol. The van der Waals surface area contributed by atoms with E-state index in [9.17, 15) is 9.18 Å². The third kappa shape index (κ3) is 4.76. The number of amides is 1. The SMILES string of the molecule is COc1ccnc(C(=O)N[C@@H]2CCCN(Cc3ccc(F)cc3)C2)c1. The van der Waals surface area contributed by atoms with Crippen molar-refractivity contribution in [1.29, 1.82) is 0 Å². The van der Waals surface area contributed by atoms with Crippen LogP contribution in [-0.2, 0) is 6.54 Å². The summed E-state index contributed by atoms with van der Waals surface area (Å²) in [4.78, 5) is 18.8. The Morgan fingerprint density at radius 1 is 1.36 bits per heavy atom. The van der Waals surface area contributed by atoms with E-state index in [0.29, 0.717) is 11.4 Å². The maximum Gasteiger partial charge on any atom is 0.270 e. The van der Waals surface area contributed by atoms with Crippen molar-refractivity contribution < 1.29 is 13.9 Å². The van der Waals surface area contributed by atoms with Crippen LogP contribution >= 0.6 is 0 Å². The normalized spacial score (nSPS) is 17.9. The van der Waals surface area contributed by atoms with Gasteiger partial charge in [-0.25, -0.2) is 4.39 Å². The lowest BCUT2D eigenvalue weighted by Gasteiger charge is -2.33. The van der Waals surface area contributed by atoms with Gasteiger partial charge in [-0.3, -0.25) is 14.7 Å². The number of hydrogen-bond donors (Lipinski definition) is 1. The molecule has 1 aromatic heterocycles. The lowest BCUT2D eigenvalue weighted by atomic mass is 10.0. The summed E-state index contributed by atoms with van der Waals surface area (Å²) in [6.07, 6.45) is 3.52. The number of piperidine rings is 1. The minimum Gasteiger partial charge on any atom is -0.497 e. The summed E-state index contributed by atoms with van der Waals surface area (Å²) in [6.45, 7) is 2.50. The molecule has 2 aromatic rings. The molecule has 2 heterocycles. The molecule has 6 heteroatoms. The van der Waals surface area contributed by atoms with Crippen molar-refractivity contribution in [3.8, 4) is 5.75 Å². The Bertz CT molecular complexity index is 721. The summed E-state index contributed by atoms with van der Waals surface area (Å²) in [6, 6.07) is 9.99. The van der Waals surface area contributed by atoms with Gasteiger partial charge < -0.3 is 10.1 Å². The van der Waals surface area contributed by atoms with Crippen LogP contribution in [0.15, 0.2) is 42.6 Å². The summed E-state index contributed by atoms with van der Waals surface area (Å²) in [5.74, 6) is 0.201. The zero-order chi connectivity index (χ0) is 17.6. The predicted octanol–water partition coefficient (Wildman–Crippen LogP) is 2.62. The number of pyridine rings is 1. The van der Waals surface area contributed by atoms with E-state index in [-0.39, 0.29) is 17.8 Å². The summed E-state index contributed by atoms with van der Waals surface area (Å²) in [5.41, 5.74) is 1.43. The van der Waals surface area contributed by atoms with E-state index in [1.54, 1.807) is 37.6 Å². The molecule has 5 nitrogen and oxygen atoms in total. The first-order chi connectivity index (χ1) is 12.1. The molecule has 1 aliphatic rings. The maximum atomic E-state index is 13.0. The molecular weight excluding hydrogens is 321 g/mol. The highest BCUT2D eigenvalue weighted by Gasteiger charge is 2.22. The number of ether oxygens (including phenoxy) is 1. The minimum absolute atomic E-state index is 0.0784. The van der Waals surface area contributed by atoms with Gasteiger partial charge in [0.25, 0.3) is 5.91 Å². The van der Waals surface area contributed by atoms with Gasteiger partial charge in [0.15, 0.2) is 0 Å². The van der Waals surface area contributed by atoms with Gasteiger partial charge in [-0.15, -0.1) is 0 Å². The summed E-state index contributed by atoms with van der Waals surface area (Å²) in [7, 11) is 1.56. The molecule has 1 saturated heterocycles. The third-order valence-electron chi connectivity index (χ3n) is 4.36. The average Bonchev–Trinajstić information content (AvgIpc) is 2.64. The molecule has 0 saturated carbocycles. The van der Waals surface area contributed by atoms with Crippen LogP contribution in [0.1, 0.15) is 28.9 Å². The highest BCUT2D eigenvalue weighted by molar-refractivity contribution is 5.92. The Labute approximate surface area is 146 Å². The van der Waals surface area contributed by atoms with Gasteiger partial charge in [-0.05, 0) is 43.1 Å². The summed E-state index contributed by atoms with van der Waals surface area (Å²) < 4.78 is 18.1. The number of nitrogens with zero attached hydrogens (tertiary/aromatic N) is 2. The van der Waals surface area contributed by atoms with Crippen LogP contribution in [0.2, 0.25) is 0 Å². The lowest BCUT2D eigenvalue weighted by molar-refractivity contribution is 0.0895. The lowest BCUT2D eigenvalue weighted by Crippen LogP contribution is -2.47. The molecule has 0 spiro atoms. The first kappa shape index (κ1) is 17.4. The number of rotatable bonds is 5. The maximum absolute atomic E-state index is 13.0. The fourth-order valence-electron chi connectivity index (χ4n) is 3.09. The summed E-state index contributed by atoms with van der Waals surface area (Å²) in [5, 5.41) is 3.05. The van der Waals surface area contributed by atoms with Gasteiger partial charge in [0.05, 0.1) is 7.11 Å². The first-order valence-electron chi connectivity index (χ1n) is 8.42. The van der Waals surface area contributed by atoms with Crippen LogP contribution in [0.5, 0.6) is 5.75 Å². The van der Waals surface area contributed by atoms with Gasteiger partial charge >= 0.3 is 0 Å². The van der Waals surface area contributed by atoms with Crippen LogP contribution in [0.3, 0.4) is 0 Å². The molecule has 0 bridgehead atoms. The number of aromatic nitrogens is 1. The van der Waals surface area contributed by atoms with Crippen LogP contribution in [0.4, 0.5) is 4.39 Å². The van der Waals surface area contributed by atoms with Crippen molar-refractivity contribution >= 4 is 5.91 Å². The van der Waals surface area contributed by atoms with Crippen molar-refractivity contribution in [2.75, 3.05) is 20.2 Å². The molecule has 25 heavy (non-hydrogen) atoms. The Balaban J connectivity index is 1.57. The van der Waals surface area contributed by atoms with Crippen LogP contribution < -0.4 is 10.1 Å². The van der Waals surface area contributed by atoms with Crippen molar-refractivity contribution in [2.45, 2.75) is 25.4 Å². The quantitative estimate of drug-likeness (QED) is 0.907. The molecule has 1 atom stereocenters. The number of likely N-dealkylation sites (tertiary alicyclic amines) is 1. The molecule has 1 aromatic carbocycles. The standard InChI is InChI=1S/C19H22FN3O2/c1-25-17-8-9-21-18(11-17)19(24)22-16-3-2-10-23(13-16)12-14-4-6-15(20)7-5-14/h4-9,11,16H,2-3,10,12-13H2,1H3,(H,22,24)/t16-/m1/s1. The monoisotopic (exact) mass is 343 g/mol. The Hall–Kier alpha value is -2.47. The molecular formula is C19H22FN3O2. The molecule has 0 aliphatic carbocycles. The number of hydrogen-bond acceptors (Lipinski definition) is 4. The number of halogens is 1. The molecule has 1 fully saturated rings. The highest BCUT2D eigenvalue weighted by atomic mass is 19.1. The van der Waals surface area contributed by atoms with Crippen molar-refractivity contribution in [3.05, 3.63) is 59.7 Å². The van der Waals surface area contributed by atoms with Crippen molar-refractivity contribution in [3.63, 3.8) is 0 Å². The first-order valence-corrected chi connectivity index (χ1v) is 8.42. The Kier molecular flexibility index (Phi) is 5.60. The zero-order valence-electron chi connectivity index (χ0n) is 14.2. The third-order valence-corrected chi connectivity index (χ3v) is 4.36. The minimum atomic E-state index is -0.224. The van der Waals surface area contributed by atoms with E-state index in [1.807, 2.05) is 0 Å². The zero-order valence-corrected chi connectivity index (χ0v) is 14.2. The second-order valence-electron chi connectivity index (χ2n) is 6.26. The largest absolute Gasteiger partial charge is 0.497 e. The van der Waals surface area contributed by atoms with E-state index >= 15 is 0 Å². The van der Waals surface area contributed by atoms with Gasteiger partial charge in [0, 0.05) is 31.4 Å². The molecule has 3 rings (SSSR count). The van der Waals surface area contributed by atoms with E-state index in [2.05, 4.69) is 15.2 Å². The average molecular weight is 343 g/mol. The van der Waals surface area contributed by atoms with Gasteiger partial charge in [0.1, 0.15) is 17.3 Å². The molecule has 132 valence electrons. The molecule has 0 unspecified atom stereocenters. The molecule has 1 aliphatic heterocycles. The summed E-state index contributed by atoms with van der Waals surface area (Å²) >= 11 is 0. The Morgan fingerprint density at radius 2 is 2.16 bits per heavy atom. The van der Waals surface area contributed by atoms with Crippen molar-refractivity contribution in [1.82, 2.24) is 15.2 Å². The van der Waals surface area contributed by atoms with E-state index in [1.165, 1.54) is 12.1 Å². The highest BCUT2D eigenvalue weighted by Crippen LogP contribution is 2.15. The number of carbonyl (C=O) groups is 1. The van der Waals surface area contributed by atoms with E-state index < -0.39 is 0 Å². The number of benzene rings is 1. The fraction of sp³-hybridized carbons (Fsp3) is 0.368. The molecule has 1 amide bonds. The van der Waals surface area contributed by atoms with Crippen molar-refractivity contribution in [2.24, 2.45) is 0 Å². The van der Waals surface area contributed by atoms with Gasteiger partial charge in [-0.1, -0.05) is 12.1 Å². The second-order valence-corrected chi connectivity index (χ2v) is 6.26. The van der Waals surface area contributed by atoms with Crippen LogP contribution in [0.25, 0.3) is 0 Å². The van der Waals surface area contributed by atoms with E-state index in [4.69, 9.17) is 4.74 Å². The fourth-order valence-corrected chi connectivity index (χ4v) is 3.09. The molecule has 1 N–H and O–H groups in total. The van der Waals surface area contributed by atoms with Crippen LogP contribution in [0, 0.1) is 5.82 Å². The van der Waals surface area contributed by atoms with Crippen LogP contribution in [-0.4, -0.2) is 42.0 Å². The molecule has 0 radical (unpaired) electrons. The van der Waals surface area contributed by atoms with Gasteiger partial charge in [0.2, 0.25) is 0 Å². The van der Waals surface area contributed by atoms with E-state index in [0.717, 1.165) is 38.0 Å². The number of carbonyl (C=O) groups excluding carboxylic acids is 1. The number of nitrogens with one attached hydrogen (secondary N) is 1. The number of methoxy groups -OCH3 is 1. The smallest absolute Gasteiger partial charge is 0.270 e. The topological polar surface area (TPSA) is 54.5 Å². The Morgan fingerprint density at radius 3 is 2.92 bits per heavy atom.